The van der Waals surface area contributed by atoms with E-state index in [1.807, 2.05) is 24.4 Å². The molecule has 5 heteroatoms. The number of halogens is 1. The average molecular weight is 849 g/mol. The quantitative estimate of drug-likeness (QED) is 0.0958. The number of fused-ring (bicyclic) bond motifs is 1. The Morgan fingerprint density at radius 2 is 1.38 bits per heavy atom. The Kier molecular flexibility index (Phi) is 11.4. The third-order valence-corrected chi connectivity index (χ3v) is 10.6. The number of hydrogen-bond acceptors (Lipinski definition) is 1. The smallest absolute Gasteiger partial charge is 0.305 e. The summed E-state index contributed by atoms with van der Waals surface area (Å²) in [4.78, 5) is 4.43. The van der Waals surface area contributed by atoms with Crippen molar-refractivity contribution >= 4 is 24.0 Å². The van der Waals surface area contributed by atoms with Gasteiger partial charge in [-0.1, -0.05) is 125 Å². The average Bonchev–Trinajstić information content (AvgIpc) is 3.11. The fraction of sp³-hybridized carbons (Fsp3) is 0.156. The van der Waals surface area contributed by atoms with E-state index in [4.69, 9.17) is 0 Å². The maximum absolute atomic E-state index is 12.8. The van der Waals surface area contributed by atoms with Gasteiger partial charge in [0.15, 0.2) is 6.20 Å². The molecule has 0 aliphatic heterocycles. The second-order valence-electron chi connectivity index (χ2n) is 14.3. The standard InChI is InChI=1S/C31H26N.C14H15FNSi.Ir/c1-31(2,3)30-21-28(20-26-12-7-8-14-29(26)30)32-19-9-13-27(22-32)25-17-15-24(16-18-25)23-10-5-4-6-11-23;1-17(2,3)13-8-9-14(16-10-13)11-4-6-12(15)7-5-11;/h4-18,21-22H,1-3H3;4,6-10H,1-3H3;/q2*-1;+3. The second kappa shape index (κ2) is 15.6. The van der Waals surface area contributed by atoms with Crippen LogP contribution in [0.15, 0.2) is 140 Å². The van der Waals surface area contributed by atoms with Gasteiger partial charge in [0, 0.05) is 17.7 Å². The topological polar surface area (TPSA) is 16.8 Å². The zero-order valence-electron chi connectivity index (χ0n) is 29.4. The van der Waals surface area contributed by atoms with E-state index >= 15 is 0 Å². The monoisotopic (exact) mass is 849 g/mol. The predicted molar refractivity (Wildman–Crippen MR) is 204 cm³/mol. The molecule has 0 fully saturated rings. The van der Waals surface area contributed by atoms with Gasteiger partial charge in [-0.2, -0.15) is 0 Å². The third-order valence-electron chi connectivity index (χ3n) is 8.58. The Labute approximate surface area is 311 Å². The summed E-state index contributed by atoms with van der Waals surface area (Å²) < 4.78 is 14.8. The summed E-state index contributed by atoms with van der Waals surface area (Å²) in [6, 6.07) is 49.1. The van der Waals surface area contributed by atoms with Crippen LogP contribution in [0.3, 0.4) is 0 Å². The fourth-order valence-corrected chi connectivity index (χ4v) is 6.79. The van der Waals surface area contributed by atoms with Gasteiger partial charge in [0.2, 0.25) is 0 Å². The first-order valence-electron chi connectivity index (χ1n) is 16.6. The van der Waals surface area contributed by atoms with Gasteiger partial charge in [0.1, 0.15) is 0 Å². The van der Waals surface area contributed by atoms with Gasteiger partial charge in [0.05, 0.1) is 14.3 Å². The molecule has 50 heavy (non-hydrogen) atoms. The molecule has 2 heterocycles. The van der Waals surface area contributed by atoms with Gasteiger partial charge < -0.3 is 9.55 Å². The van der Waals surface area contributed by atoms with Crippen LogP contribution in [0, 0.1) is 24.1 Å². The van der Waals surface area contributed by atoms with Crippen LogP contribution in [0.4, 0.5) is 4.39 Å². The molecule has 0 unspecified atom stereocenters. The van der Waals surface area contributed by atoms with Gasteiger partial charge >= 0.3 is 20.1 Å². The molecule has 7 rings (SSSR count). The van der Waals surface area contributed by atoms with E-state index in [9.17, 15) is 4.39 Å². The van der Waals surface area contributed by atoms with Gasteiger partial charge in [0.25, 0.3) is 0 Å². The maximum atomic E-state index is 12.8. The van der Waals surface area contributed by atoms with E-state index in [0.29, 0.717) is 0 Å². The first kappa shape index (κ1) is 36.7. The Hall–Kier alpha value is -4.54. The molecule has 2 nitrogen and oxygen atoms in total. The molecule has 250 valence electrons. The summed E-state index contributed by atoms with van der Waals surface area (Å²) in [6.07, 6.45) is 7.43. The van der Waals surface area contributed by atoms with Crippen molar-refractivity contribution in [3.8, 4) is 39.2 Å². The second-order valence-corrected chi connectivity index (χ2v) is 19.4. The van der Waals surface area contributed by atoms with E-state index in [1.54, 1.807) is 6.07 Å². The Morgan fingerprint density at radius 1 is 0.720 bits per heavy atom. The first-order chi connectivity index (χ1) is 23.5. The summed E-state index contributed by atoms with van der Waals surface area (Å²) in [6.45, 7) is 13.6. The zero-order chi connectivity index (χ0) is 34.6. The Balaban J connectivity index is 0.000000229. The summed E-state index contributed by atoms with van der Waals surface area (Å²) in [5.74, 6) is -0.271. The minimum atomic E-state index is -1.30. The zero-order valence-corrected chi connectivity index (χ0v) is 32.8. The first-order valence-corrected chi connectivity index (χ1v) is 20.1. The summed E-state index contributed by atoms with van der Waals surface area (Å²) in [5, 5.41) is 3.72. The molecule has 0 amide bonds. The van der Waals surface area contributed by atoms with Crippen LogP contribution in [-0.2, 0) is 25.5 Å². The van der Waals surface area contributed by atoms with Gasteiger partial charge in [-0.15, -0.1) is 76.5 Å². The van der Waals surface area contributed by atoms with Crippen molar-refractivity contribution in [1.29, 1.82) is 0 Å². The molecule has 2 aromatic heterocycles. The normalized spacial score (nSPS) is 11.3. The van der Waals surface area contributed by atoms with Crippen LogP contribution in [0.5, 0.6) is 0 Å². The molecular weight excluding hydrogens is 808 g/mol. The maximum Gasteiger partial charge on any atom is 3.00 e. The minimum absolute atomic E-state index is 0. The number of benzene rings is 5. The number of rotatable bonds is 5. The molecular formula is C45H41FIrN2Si+. The minimum Gasteiger partial charge on any atom is -0.305 e. The van der Waals surface area contributed by atoms with Crippen molar-refractivity contribution in [2.24, 2.45) is 0 Å². The largest absolute Gasteiger partial charge is 3.00 e. The van der Waals surface area contributed by atoms with Gasteiger partial charge in [-0.25, -0.2) is 0 Å². The Morgan fingerprint density at radius 3 is 2.00 bits per heavy atom. The van der Waals surface area contributed by atoms with Crippen molar-refractivity contribution in [2.45, 2.75) is 45.8 Å². The van der Waals surface area contributed by atoms with Crippen molar-refractivity contribution in [2.75, 3.05) is 0 Å². The summed E-state index contributed by atoms with van der Waals surface area (Å²) >= 11 is 0. The fourth-order valence-electron chi connectivity index (χ4n) is 5.75. The molecule has 0 bridgehead atoms. The van der Waals surface area contributed by atoms with E-state index in [2.05, 4.69) is 165 Å². The van der Waals surface area contributed by atoms with Crippen LogP contribution >= 0.6 is 0 Å². The van der Waals surface area contributed by atoms with Crippen molar-refractivity contribution < 1.29 is 29.1 Å². The van der Waals surface area contributed by atoms with Crippen LogP contribution < -0.4 is 9.75 Å². The molecule has 0 atom stereocenters. The van der Waals surface area contributed by atoms with E-state index in [-0.39, 0.29) is 31.3 Å². The molecule has 5 aromatic carbocycles. The van der Waals surface area contributed by atoms with E-state index < -0.39 is 8.07 Å². The summed E-state index contributed by atoms with van der Waals surface area (Å²) in [7, 11) is -1.30. The third kappa shape index (κ3) is 8.78. The van der Waals surface area contributed by atoms with Crippen molar-refractivity contribution in [1.82, 2.24) is 4.98 Å². The molecule has 7 aromatic rings. The van der Waals surface area contributed by atoms with Crippen molar-refractivity contribution in [3.05, 3.63) is 169 Å². The van der Waals surface area contributed by atoms with E-state index in [0.717, 1.165) is 27.9 Å². The number of aromatic nitrogens is 2. The van der Waals surface area contributed by atoms with E-state index in [1.165, 1.54) is 45.0 Å². The number of pyridine rings is 2. The molecule has 0 spiro atoms. The molecule has 0 radical (unpaired) electrons. The molecule has 0 aliphatic rings. The molecule has 0 saturated carbocycles. The molecule has 0 aliphatic carbocycles. The number of nitrogens with zero attached hydrogens (tertiary/aromatic N) is 2. The summed E-state index contributed by atoms with van der Waals surface area (Å²) in [5.41, 5.74) is 8.83. The predicted octanol–water partition coefficient (Wildman–Crippen LogP) is 10.6. The van der Waals surface area contributed by atoms with Gasteiger partial charge in [-0.05, 0) is 38.5 Å². The van der Waals surface area contributed by atoms with Crippen LogP contribution in [0.1, 0.15) is 26.3 Å². The number of hydrogen-bond donors (Lipinski definition) is 0. The molecule has 0 N–H and O–H groups in total. The van der Waals surface area contributed by atoms with Crippen LogP contribution in [0.25, 0.3) is 50.0 Å². The SMILES string of the molecule is CC(C)(C)c1cc(-[n+]2[c-]ccc(-c3ccc(-c4ccccc4)cc3)c2)[c-]c2ccccc12.C[Si](C)(C)c1ccc(-c2[c-]cc(F)cc2)nc1.[Ir+3]. The van der Waals surface area contributed by atoms with Crippen LogP contribution in [0.2, 0.25) is 19.6 Å². The molecule has 0 saturated heterocycles. The van der Waals surface area contributed by atoms with Gasteiger partial charge in [-0.3, -0.25) is 4.39 Å². The van der Waals surface area contributed by atoms with Crippen molar-refractivity contribution in [3.63, 3.8) is 0 Å². The van der Waals surface area contributed by atoms with Crippen LogP contribution in [-0.4, -0.2) is 13.1 Å². The Bertz CT molecular complexity index is 2170.